The number of rotatable bonds is 4. The zero-order valence-corrected chi connectivity index (χ0v) is 8.77. The van der Waals surface area contributed by atoms with Crippen LogP contribution in [0.4, 0.5) is 0 Å². The van der Waals surface area contributed by atoms with Gasteiger partial charge in [-0.1, -0.05) is 0 Å². The first kappa shape index (κ1) is 9.93. The van der Waals surface area contributed by atoms with Crippen molar-refractivity contribution in [3.8, 4) is 0 Å². The maximum absolute atomic E-state index is 4.04. The molecule has 0 aromatic carbocycles. The van der Waals surface area contributed by atoms with Gasteiger partial charge in [-0.3, -0.25) is 4.98 Å². The first-order chi connectivity index (χ1) is 7.42. The summed E-state index contributed by atoms with van der Waals surface area (Å²) in [6, 6.07) is 8.26. The standard InChI is InChI=1S/C12H15N3/c1-13-9-11(12-3-2-6-15-12)10-4-7-14-8-5-10/h2-8,11,13,15H,9H2,1H3. The molecule has 1 atom stereocenters. The molecule has 78 valence electrons. The van der Waals surface area contributed by atoms with Gasteiger partial charge in [0.05, 0.1) is 0 Å². The van der Waals surface area contributed by atoms with E-state index in [1.165, 1.54) is 11.3 Å². The lowest BCUT2D eigenvalue weighted by molar-refractivity contribution is 0.694. The van der Waals surface area contributed by atoms with Crippen molar-refractivity contribution in [1.82, 2.24) is 15.3 Å². The number of H-pyrrole nitrogens is 1. The summed E-state index contributed by atoms with van der Waals surface area (Å²) < 4.78 is 0. The molecule has 0 saturated carbocycles. The molecular formula is C12H15N3. The van der Waals surface area contributed by atoms with Gasteiger partial charge < -0.3 is 10.3 Å². The van der Waals surface area contributed by atoms with E-state index in [9.17, 15) is 0 Å². The highest BCUT2D eigenvalue weighted by molar-refractivity contribution is 5.27. The lowest BCUT2D eigenvalue weighted by atomic mass is 9.97. The first-order valence-electron chi connectivity index (χ1n) is 5.09. The van der Waals surface area contributed by atoms with Gasteiger partial charge in [0, 0.05) is 36.7 Å². The molecule has 3 nitrogen and oxygen atoms in total. The molecule has 2 heterocycles. The lowest BCUT2D eigenvalue weighted by Crippen LogP contribution is -2.18. The van der Waals surface area contributed by atoms with Gasteiger partial charge in [-0.15, -0.1) is 0 Å². The van der Waals surface area contributed by atoms with Crippen molar-refractivity contribution >= 4 is 0 Å². The van der Waals surface area contributed by atoms with E-state index in [0.29, 0.717) is 5.92 Å². The summed E-state index contributed by atoms with van der Waals surface area (Å²) in [5.74, 6) is 0.369. The van der Waals surface area contributed by atoms with E-state index < -0.39 is 0 Å². The fourth-order valence-electron chi connectivity index (χ4n) is 1.77. The molecule has 2 aromatic rings. The average Bonchev–Trinajstić information content (AvgIpc) is 2.80. The van der Waals surface area contributed by atoms with Gasteiger partial charge in [0.15, 0.2) is 0 Å². The van der Waals surface area contributed by atoms with E-state index in [1.807, 2.05) is 31.7 Å². The molecule has 3 heteroatoms. The van der Waals surface area contributed by atoms with Crippen LogP contribution in [0.2, 0.25) is 0 Å². The second-order valence-corrected chi connectivity index (χ2v) is 3.52. The molecule has 2 N–H and O–H groups in total. The smallest absolute Gasteiger partial charge is 0.0366 e. The van der Waals surface area contributed by atoms with Crippen LogP contribution in [0.15, 0.2) is 42.9 Å². The molecule has 0 aliphatic rings. The van der Waals surface area contributed by atoms with Gasteiger partial charge in [-0.25, -0.2) is 0 Å². The number of aromatic nitrogens is 2. The fourth-order valence-corrected chi connectivity index (χ4v) is 1.77. The minimum Gasteiger partial charge on any atom is -0.364 e. The molecule has 0 bridgehead atoms. The van der Waals surface area contributed by atoms with Gasteiger partial charge in [-0.2, -0.15) is 0 Å². The van der Waals surface area contributed by atoms with Crippen LogP contribution in [-0.4, -0.2) is 23.6 Å². The van der Waals surface area contributed by atoms with Gasteiger partial charge in [0.25, 0.3) is 0 Å². The SMILES string of the molecule is CNCC(c1ccncc1)c1ccc[nH]1. The molecule has 0 amide bonds. The van der Waals surface area contributed by atoms with Crippen LogP contribution in [0.5, 0.6) is 0 Å². The van der Waals surface area contributed by atoms with Crippen LogP contribution in [0.3, 0.4) is 0 Å². The molecule has 0 spiro atoms. The second kappa shape index (κ2) is 4.75. The predicted molar refractivity (Wildman–Crippen MR) is 60.8 cm³/mol. The predicted octanol–water partition coefficient (Wildman–Crippen LogP) is 1.76. The van der Waals surface area contributed by atoms with E-state index in [0.717, 1.165) is 6.54 Å². The van der Waals surface area contributed by atoms with Crippen molar-refractivity contribution in [2.75, 3.05) is 13.6 Å². The minimum atomic E-state index is 0.369. The van der Waals surface area contributed by atoms with Gasteiger partial charge in [-0.05, 0) is 36.9 Å². The van der Waals surface area contributed by atoms with E-state index in [1.54, 1.807) is 0 Å². The van der Waals surface area contributed by atoms with Crippen molar-refractivity contribution in [2.45, 2.75) is 5.92 Å². The fraction of sp³-hybridized carbons (Fsp3) is 0.250. The molecule has 1 unspecified atom stereocenters. The molecule has 2 aromatic heterocycles. The Hall–Kier alpha value is -1.61. The zero-order chi connectivity index (χ0) is 10.5. The van der Waals surface area contributed by atoms with Gasteiger partial charge in [0.1, 0.15) is 0 Å². The molecular weight excluding hydrogens is 186 g/mol. The Morgan fingerprint density at radius 3 is 2.73 bits per heavy atom. The summed E-state index contributed by atoms with van der Waals surface area (Å²) in [6.07, 6.45) is 5.63. The number of likely N-dealkylation sites (N-methyl/N-ethyl adjacent to an activating group) is 1. The highest BCUT2D eigenvalue weighted by atomic mass is 14.8. The molecule has 0 saturated heterocycles. The minimum absolute atomic E-state index is 0.369. The quantitative estimate of drug-likeness (QED) is 0.791. The van der Waals surface area contributed by atoms with Crippen molar-refractivity contribution in [3.63, 3.8) is 0 Å². The maximum atomic E-state index is 4.04. The summed E-state index contributed by atoms with van der Waals surface area (Å²) >= 11 is 0. The highest BCUT2D eigenvalue weighted by Crippen LogP contribution is 2.21. The lowest BCUT2D eigenvalue weighted by Gasteiger charge is -2.15. The average molecular weight is 201 g/mol. The molecule has 15 heavy (non-hydrogen) atoms. The maximum Gasteiger partial charge on any atom is 0.0366 e. The van der Waals surface area contributed by atoms with Crippen LogP contribution >= 0.6 is 0 Å². The number of aromatic amines is 1. The van der Waals surface area contributed by atoms with E-state index in [-0.39, 0.29) is 0 Å². The Morgan fingerprint density at radius 1 is 1.33 bits per heavy atom. The first-order valence-corrected chi connectivity index (χ1v) is 5.09. The Morgan fingerprint density at radius 2 is 2.13 bits per heavy atom. The van der Waals surface area contributed by atoms with Gasteiger partial charge in [0.2, 0.25) is 0 Å². The monoisotopic (exact) mass is 201 g/mol. The van der Waals surface area contributed by atoms with E-state index in [2.05, 4.69) is 33.5 Å². The molecule has 0 radical (unpaired) electrons. The third kappa shape index (κ3) is 2.25. The van der Waals surface area contributed by atoms with Crippen LogP contribution in [0, 0.1) is 0 Å². The summed E-state index contributed by atoms with van der Waals surface area (Å²) in [5, 5.41) is 3.21. The number of hydrogen-bond acceptors (Lipinski definition) is 2. The second-order valence-electron chi connectivity index (χ2n) is 3.52. The molecule has 0 fully saturated rings. The van der Waals surface area contributed by atoms with E-state index in [4.69, 9.17) is 0 Å². The Kier molecular flexibility index (Phi) is 3.15. The number of nitrogens with one attached hydrogen (secondary N) is 2. The number of hydrogen-bond donors (Lipinski definition) is 2. The topological polar surface area (TPSA) is 40.7 Å². The van der Waals surface area contributed by atoms with Crippen molar-refractivity contribution in [3.05, 3.63) is 54.1 Å². The summed E-state index contributed by atoms with van der Waals surface area (Å²) in [5.41, 5.74) is 2.51. The molecule has 0 aliphatic heterocycles. The van der Waals surface area contributed by atoms with Crippen molar-refractivity contribution in [1.29, 1.82) is 0 Å². The normalized spacial score (nSPS) is 12.6. The number of pyridine rings is 1. The van der Waals surface area contributed by atoms with Gasteiger partial charge >= 0.3 is 0 Å². The largest absolute Gasteiger partial charge is 0.364 e. The van der Waals surface area contributed by atoms with E-state index >= 15 is 0 Å². The third-order valence-corrected chi connectivity index (χ3v) is 2.51. The zero-order valence-electron chi connectivity index (χ0n) is 8.77. The summed E-state index contributed by atoms with van der Waals surface area (Å²) in [6.45, 7) is 0.921. The Balaban J connectivity index is 2.28. The number of nitrogens with zero attached hydrogens (tertiary/aromatic N) is 1. The van der Waals surface area contributed by atoms with Crippen LogP contribution in [-0.2, 0) is 0 Å². The Labute approximate surface area is 89.6 Å². The van der Waals surface area contributed by atoms with Crippen molar-refractivity contribution in [2.24, 2.45) is 0 Å². The van der Waals surface area contributed by atoms with Crippen LogP contribution in [0.1, 0.15) is 17.2 Å². The highest BCUT2D eigenvalue weighted by Gasteiger charge is 2.13. The van der Waals surface area contributed by atoms with Crippen LogP contribution in [0.25, 0.3) is 0 Å². The third-order valence-electron chi connectivity index (χ3n) is 2.51. The van der Waals surface area contributed by atoms with Crippen LogP contribution < -0.4 is 5.32 Å². The molecule has 0 aliphatic carbocycles. The Bertz CT molecular complexity index is 381. The van der Waals surface area contributed by atoms with Crippen molar-refractivity contribution < 1.29 is 0 Å². The molecule has 2 rings (SSSR count). The summed E-state index contributed by atoms with van der Waals surface area (Å²) in [7, 11) is 1.97. The summed E-state index contributed by atoms with van der Waals surface area (Å²) in [4.78, 5) is 7.30.